The molecule has 2 amide bonds. The van der Waals surface area contributed by atoms with Gasteiger partial charge in [-0.25, -0.2) is 0 Å². The van der Waals surface area contributed by atoms with Gasteiger partial charge in [-0.05, 0) is 18.9 Å². The maximum Gasteiger partial charge on any atom is 0.220 e. The fourth-order valence-electron chi connectivity index (χ4n) is 1.22. The zero-order chi connectivity index (χ0) is 11.7. The summed E-state index contributed by atoms with van der Waals surface area (Å²) in [5.41, 5.74) is 10.4. The highest BCUT2D eigenvalue weighted by Crippen LogP contribution is 2.05. The lowest BCUT2D eigenvalue weighted by atomic mass is 10.0. The van der Waals surface area contributed by atoms with Crippen LogP contribution >= 0.6 is 0 Å². The molecule has 0 aromatic rings. The van der Waals surface area contributed by atoms with E-state index in [1.165, 1.54) is 0 Å². The molecule has 0 heterocycles. The molecule has 1 unspecified atom stereocenters. The molecule has 15 heavy (non-hydrogen) atoms. The van der Waals surface area contributed by atoms with E-state index >= 15 is 0 Å². The van der Waals surface area contributed by atoms with Crippen LogP contribution in [0.25, 0.3) is 0 Å². The van der Waals surface area contributed by atoms with Gasteiger partial charge in [0.1, 0.15) is 0 Å². The Morgan fingerprint density at radius 1 is 1.40 bits per heavy atom. The van der Waals surface area contributed by atoms with Crippen molar-refractivity contribution in [2.24, 2.45) is 17.4 Å². The average molecular weight is 215 g/mol. The quantitative estimate of drug-likeness (QED) is 0.487. The molecule has 0 bridgehead atoms. The van der Waals surface area contributed by atoms with E-state index < -0.39 is 0 Å². The van der Waals surface area contributed by atoms with Crippen molar-refractivity contribution >= 4 is 11.8 Å². The first kappa shape index (κ1) is 13.9. The first-order chi connectivity index (χ1) is 7.10. The second-order valence-electron chi connectivity index (χ2n) is 3.63. The van der Waals surface area contributed by atoms with Crippen LogP contribution in [0.15, 0.2) is 0 Å². The highest BCUT2D eigenvalue weighted by Gasteiger charge is 2.09. The van der Waals surface area contributed by atoms with Crippen LogP contribution in [0.1, 0.15) is 32.6 Å². The van der Waals surface area contributed by atoms with E-state index in [2.05, 4.69) is 5.32 Å². The van der Waals surface area contributed by atoms with Crippen LogP contribution in [0.4, 0.5) is 0 Å². The standard InChI is InChI=1S/C10H21N3O2/c1-2-8(7-11)6-10(15)13-5-3-4-9(12)14/h8H,2-7,11H2,1H3,(H2,12,14)(H,13,15). The van der Waals surface area contributed by atoms with Gasteiger partial charge in [-0.1, -0.05) is 13.3 Å². The van der Waals surface area contributed by atoms with Crippen LogP contribution in [0.3, 0.4) is 0 Å². The van der Waals surface area contributed by atoms with E-state index in [-0.39, 0.29) is 17.7 Å². The monoisotopic (exact) mass is 215 g/mol. The zero-order valence-corrected chi connectivity index (χ0v) is 9.29. The molecule has 0 aliphatic rings. The van der Waals surface area contributed by atoms with Crippen LogP contribution < -0.4 is 16.8 Å². The molecule has 0 radical (unpaired) electrons. The molecule has 5 nitrogen and oxygen atoms in total. The molecule has 0 saturated carbocycles. The normalized spacial score (nSPS) is 12.1. The predicted molar refractivity (Wildman–Crippen MR) is 58.9 cm³/mol. The Balaban J connectivity index is 3.52. The molecule has 5 N–H and O–H groups in total. The van der Waals surface area contributed by atoms with Gasteiger partial charge in [0.25, 0.3) is 0 Å². The maximum absolute atomic E-state index is 11.3. The summed E-state index contributed by atoms with van der Waals surface area (Å²) < 4.78 is 0. The second kappa shape index (κ2) is 8.23. The third kappa shape index (κ3) is 7.93. The van der Waals surface area contributed by atoms with E-state index in [0.717, 1.165) is 6.42 Å². The summed E-state index contributed by atoms with van der Waals surface area (Å²) >= 11 is 0. The molecule has 0 fully saturated rings. The number of hydrogen-bond acceptors (Lipinski definition) is 3. The third-order valence-electron chi connectivity index (χ3n) is 2.31. The molecule has 0 saturated heterocycles. The third-order valence-corrected chi connectivity index (χ3v) is 2.31. The first-order valence-corrected chi connectivity index (χ1v) is 5.35. The summed E-state index contributed by atoms with van der Waals surface area (Å²) in [6, 6.07) is 0. The Kier molecular flexibility index (Phi) is 7.62. The molecular weight excluding hydrogens is 194 g/mol. The van der Waals surface area contributed by atoms with Crippen LogP contribution in [0.5, 0.6) is 0 Å². The molecule has 1 atom stereocenters. The Bertz CT molecular complexity index is 203. The summed E-state index contributed by atoms with van der Waals surface area (Å²) in [4.78, 5) is 21.7. The van der Waals surface area contributed by atoms with Crippen molar-refractivity contribution in [1.82, 2.24) is 5.32 Å². The maximum atomic E-state index is 11.3. The number of primary amides is 1. The fraction of sp³-hybridized carbons (Fsp3) is 0.800. The number of carbonyl (C=O) groups excluding carboxylic acids is 2. The number of nitrogens with two attached hydrogens (primary N) is 2. The largest absolute Gasteiger partial charge is 0.370 e. The predicted octanol–water partition coefficient (Wildman–Crippen LogP) is -0.257. The Morgan fingerprint density at radius 3 is 2.53 bits per heavy atom. The lowest BCUT2D eigenvalue weighted by Crippen LogP contribution is -2.29. The van der Waals surface area contributed by atoms with Crippen LogP contribution in [0.2, 0.25) is 0 Å². The molecular formula is C10H21N3O2. The molecule has 0 aromatic carbocycles. The molecule has 0 aromatic heterocycles. The van der Waals surface area contributed by atoms with E-state index in [4.69, 9.17) is 11.5 Å². The minimum atomic E-state index is -0.336. The van der Waals surface area contributed by atoms with Crippen molar-refractivity contribution in [1.29, 1.82) is 0 Å². The van der Waals surface area contributed by atoms with E-state index in [0.29, 0.717) is 32.4 Å². The van der Waals surface area contributed by atoms with Gasteiger partial charge in [-0.15, -0.1) is 0 Å². The van der Waals surface area contributed by atoms with Gasteiger partial charge in [0.2, 0.25) is 11.8 Å². The van der Waals surface area contributed by atoms with Crippen LogP contribution in [0, 0.1) is 5.92 Å². The van der Waals surface area contributed by atoms with Gasteiger partial charge < -0.3 is 16.8 Å². The smallest absolute Gasteiger partial charge is 0.220 e. The average Bonchev–Trinajstić information content (AvgIpc) is 2.20. The van der Waals surface area contributed by atoms with E-state index in [1.54, 1.807) is 0 Å². The summed E-state index contributed by atoms with van der Waals surface area (Å²) in [6.07, 6.45) is 2.28. The zero-order valence-electron chi connectivity index (χ0n) is 9.29. The lowest BCUT2D eigenvalue weighted by Gasteiger charge is -2.11. The van der Waals surface area contributed by atoms with Crippen molar-refractivity contribution in [2.75, 3.05) is 13.1 Å². The van der Waals surface area contributed by atoms with Crippen molar-refractivity contribution in [2.45, 2.75) is 32.6 Å². The van der Waals surface area contributed by atoms with Gasteiger partial charge in [-0.3, -0.25) is 9.59 Å². The first-order valence-electron chi connectivity index (χ1n) is 5.35. The Labute approximate surface area is 90.6 Å². The van der Waals surface area contributed by atoms with Gasteiger partial charge >= 0.3 is 0 Å². The van der Waals surface area contributed by atoms with E-state index in [9.17, 15) is 9.59 Å². The van der Waals surface area contributed by atoms with Gasteiger partial charge in [0.15, 0.2) is 0 Å². The van der Waals surface area contributed by atoms with Crippen molar-refractivity contribution in [3.63, 3.8) is 0 Å². The molecule has 88 valence electrons. The number of hydrogen-bond donors (Lipinski definition) is 3. The minimum absolute atomic E-state index is 0.00299. The van der Waals surface area contributed by atoms with Gasteiger partial charge in [0.05, 0.1) is 0 Å². The summed E-state index contributed by atoms with van der Waals surface area (Å²) in [7, 11) is 0. The summed E-state index contributed by atoms with van der Waals surface area (Å²) in [5, 5.41) is 2.73. The molecule has 0 rings (SSSR count). The van der Waals surface area contributed by atoms with Gasteiger partial charge in [0, 0.05) is 19.4 Å². The van der Waals surface area contributed by atoms with Crippen molar-refractivity contribution in [3.05, 3.63) is 0 Å². The molecule has 0 spiro atoms. The van der Waals surface area contributed by atoms with Crippen molar-refractivity contribution < 1.29 is 9.59 Å². The fourth-order valence-corrected chi connectivity index (χ4v) is 1.22. The number of rotatable bonds is 8. The molecule has 0 aliphatic carbocycles. The minimum Gasteiger partial charge on any atom is -0.370 e. The SMILES string of the molecule is CCC(CN)CC(=O)NCCCC(N)=O. The number of carbonyl (C=O) groups is 2. The van der Waals surface area contributed by atoms with Crippen LogP contribution in [-0.4, -0.2) is 24.9 Å². The van der Waals surface area contributed by atoms with Gasteiger partial charge in [-0.2, -0.15) is 0 Å². The summed E-state index contributed by atoms with van der Waals surface area (Å²) in [5.74, 6) is -0.0875. The van der Waals surface area contributed by atoms with Crippen LogP contribution in [-0.2, 0) is 9.59 Å². The van der Waals surface area contributed by atoms with Crippen molar-refractivity contribution in [3.8, 4) is 0 Å². The summed E-state index contributed by atoms with van der Waals surface area (Å²) in [6.45, 7) is 3.05. The number of amides is 2. The molecule has 5 heteroatoms. The highest BCUT2D eigenvalue weighted by atomic mass is 16.2. The lowest BCUT2D eigenvalue weighted by molar-refractivity contribution is -0.122. The molecule has 0 aliphatic heterocycles. The Hall–Kier alpha value is -1.10. The Morgan fingerprint density at radius 2 is 2.07 bits per heavy atom. The topological polar surface area (TPSA) is 98.2 Å². The highest BCUT2D eigenvalue weighted by molar-refractivity contribution is 5.76. The number of nitrogens with one attached hydrogen (secondary N) is 1. The second-order valence-corrected chi connectivity index (χ2v) is 3.63. The van der Waals surface area contributed by atoms with E-state index in [1.807, 2.05) is 6.92 Å².